The zero-order valence-electron chi connectivity index (χ0n) is 18.6. The normalized spacial score (nSPS) is 11.3. The summed E-state index contributed by atoms with van der Waals surface area (Å²) in [6, 6.07) is 17.9. The van der Waals surface area contributed by atoms with Crippen LogP contribution < -0.4 is 9.62 Å². The van der Waals surface area contributed by atoms with E-state index in [9.17, 15) is 13.2 Å². The second-order valence-corrected chi connectivity index (χ2v) is 9.77. The molecule has 0 fully saturated rings. The Morgan fingerprint density at radius 2 is 1.48 bits per heavy atom. The van der Waals surface area contributed by atoms with E-state index in [1.807, 2.05) is 58.9 Å². The molecule has 3 aromatic rings. The van der Waals surface area contributed by atoms with Crippen molar-refractivity contribution in [1.82, 2.24) is 0 Å². The van der Waals surface area contributed by atoms with Crippen molar-refractivity contribution < 1.29 is 13.2 Å². The van der Waals surface area contributed by atoms with Crippen LogP contribution in [0.1, 0.15) is 27.8 Å². The maximum atomic E-state index is 13.6. The Labute approximate surface area is 184 Å². The van der Waals surface area contributed by atoms with E-state index < -0.39 is 15.9 Å². The molecule has 0 bridgehead atoms. The first-order valence-corrected chi connectivity index (χ1v) is 11.6. The number of nitrogens with zero attached hydrogens (tertiary/aromatic N) is 1. The van der Waals surface area contributed by atoms with Gasteiger partial charge in [-0.15, -0.1) is 0 Å². The van der Waals surface area contributed by atoms with E-state index >= 15 is 0 Å². The minimum absolute atomic E-state index is 0.151. The van der Waals surface area contributed by atoms with Gasteiger partial charge in [0.25, 0.3) is 10.0 Å². The monoisotopic (exact) mass is 436 g/mol. The van der Waals surface area contributed by atoms with E-state index in [2.05, 4.69) is 5.32 Å². The second-order valence-electron chi connectivity index (χ2n) is 7.91. The highest BCUT2D eigenvalue weighted by Crippen LogP contribution is 2.29. The lowest BCUT2D eigenvalue weighted by molar-refractivity contribution is -0.114. The molecular weight excluding hydrogens is 408 g/mol. The predicted molar refractivity (Wildman–Crippen MR) is 126 cm³/mol. The molecule has 0 heterocycles. The largest absolute Gasteiger partial charge is 0.324 e. The van der Waals surface area contributed by atoms with Crippen LogP contribution in [-0.2, 0) is 14.8 Å². The lowest BCUT2D eigenvalue weighted by atomic mass is 10.1. The Morgan fingerprint density at radius 1 is 0.839 bits per heavy atom. The molecule has 162 valence electrons. The van der Waals surface area contributed by atoms with Gasteiger partial charge in [0.1, 0.15) is 6.54 Å². The predicted octanol–water partition coefficient (Wildman–Crippen LogP) is 5.06. The molecular formula is C25H28N2O3S. The average molecular weight is 437 g/mol. The van der Waals surface area contributed by atoms with Crippen molar-refractivity contribution in [2.24, 2.45) is 0 Å². The molecule has 0 atom stereocenters. The Kier molecular flexibility index (Phi) is 6.51. The quantitative estimate of drug-likeness (QED) is 0.587. The SMILES string of the molecule is Cc1ccc(S(=O)(=O)N(CC(=O)Nc2cc(C)ccc2C)c2cccc(C)c2C)cc1. The van der Waals surface area contributed by atoms with Crippen LogP contribution in [0.5, 0.6) is 0 Å². The summed E-state index contributed by atoms with van der Waals surface area (Å²) in [5.41, 5.74) is 5.84. The van der Waals surface area contributed by atoms with Crippen molar-refractivity contribution in [3.63, 3.8) is 0 Å². The number of benzene rings is 3. The number of nitrogens with one attached hydrogen (secondary N) is 1. The van der Waals surface area contributed by atoms with Gasteiger partial charge in [-0.2, -0.15) is 0 Å². The van der Waals surface area contributed by atoms with Crippen LogP contribution in [0.4, 0.5) is 11.4 Å². The van der Waals surface area contributed by atoms with Crippen LogP contribution in [0.15, 0.2) is 65.6 Å². The van der Waals surface area contributed by atoms with Gasteiger partial charge >= 0.3 is 0 Å². The first-order chi connectivity index (χ1) is 14.6. The van der Waals surface area contributed by atoms with Gasteiger partial charge in [-0.05, 0) is 81.1 Å². The number of carbonyl (C=O) groups is 1. The third-order valence-electron chi connectivity index (χ3n) is 5.41. The topological polar surface area (TPSA) is 66.5 Å². The zero-order valence-corrected chi connectivity index (χ0v) is 19.4. The smallest absolute Gasteiger partial charge is 0.264 e. The summed E-state index contributed by atoms with van der Waals surface area (Å²) in [7, 11) is -3.94. The van der Waals surface area contributed by atoms with Crippen LogP contribution in [0.2, 0.25) is 0 Å². The van der Waals surface area contributed by atoms with Crippen molar-refractivity contribution in [2.45, 2.75) is 39.5 Å². The standard InChI is InChI=1S/C25H28N2O3S/c1-17-10-13-22(14-11-17)31(29,30)27(24-8-6-7-19(3)21(24)5)16-25(28)26-23-15-18(2)9-12-20(23)4/h6-15H,16H2,1-5H3,(H,26,28). The van der Waals surface area contributed by atoms with Gasteiger partial charge in [0.2, 0.25) is 5.91 Å². The highest BCUT2D eigenvalue weighted by atomic mass is 32.2. The number of hydrogen-bond donors (Lipinski definition) is 1. The first kappa shape index (κ1) is 22.6. The first-order valence-electron chi connectivity index (χ1n) is 10.1. The highest BCUT2D eigenvalue weighted by molar-refractivity contribution is 7.92. The van der Waals surface area contributed by atoms with Gasteiger partial charge in [0.05, 0.1) is 10.6 Å². The van der Waals surface area contributed by atoms with E-state index in [1.54, 1.807) is 36.4 Å². The molecule has 0 aromatic heterocycles. The molecule has 0 radical (unpaired) electrons. The van der Waals surface area contributed by atoms with Gasteiger partial charge in [0, 0.05) is 5.69 Å². The summed E-state index contributed by atoms with van der Waals surface area (Å²) in [6.45, 7) is 9.21. The summed E-state index contributed by atoms with van der Waals surface area (Å²) >= 11 is 0. The van der Waals surface area contributed by atoms with Crippen LogP contribution in [0, 0.1) is 34.6 Å². The van der Waals surface area contributed by atoms with Gasteiger partial charge in [-0.3, -0.25) is 9.10 Å². The van der Waals surface area contributed by atoms with Crippen LogP contribution in [0.25, 0.3) is 0 Å². The lowest BCUT2D eigenvalue weighted by Gasteiger charge is -2.26. The fraction of sp³-hybridized carbons (Fsp3) is 0.240. The summed E-state index contributed by atoms with van der Waals surface area (Å²) in [4.78, 5) is 13.1. The van der Waals surface area contributed by atoms with Crippen LogP contribution >= 0.6 is 0 Å². The molecule has 0 unspecified atom stereocenters. The fourth-order valence-corrected chi connectivity index (χ4v) is 4.81. The Balaban J connectivity index is 2.02. The summed E-state index contributed by atoms with van der Waals surface area (Å²) in [5.74, 6) is -0.398. The van der Waals surface area contributed by atoms with Crippen molar-refractivity contribution in [3.8, 4) is 0 Å². The Bertz CT molecular complexity index is 1220. The molecule has 0 aliphatic rings. The molecule has 1 N–H and O–H groups in total. The minimum atomic E-state index is -3.94. The molecule has 0 spiro atoms. The Hall–Kier alpha value is -3.12. The molecule has 0 aliphatic carbocycles. The molecule has 0 saturated carbocycles. The van der Waals surface area contributed by atoms with E-state index in [4.69, 9.17) is 0 Å². The van der Waals surface area contributed by atoms with Gasteiger partial charge in [0.15, 0.2) is 0 Å². The number of amides is 1. The number of aryl methyl sites for hydroxylation is 4. The van der Waals surface area contributed by atoms with Gasteiger partial charge in [-0.25, -0.2) is 8.42 Å². The number of hydrogen-bond acceptors (Lipinski definition) is 3. The lowest BCUT2D eigenvalue weighted by Crippen LogP contribution is -2.38. The summed E-state index contributed by atoms with van der Waals surface area (Å²) < 4.78 is 28.3. The Morgan fingerprint density at radius 3 is 2.16 bits per heavy atom. The molecule has 1 amide bonds. The van der Waals surface area contributed by atoms with Crippen LogP contribution in [-0.4, -0.2) is 20.9 Å². The van der Waals surface area contributed by atoms with Gasteiger partial charge < -0.3 is 5.32 Å². The minimum Gasteiger partial charge on any atom is -0.324 e. The van der Waals surface area contributed by atoms with E-state index in [0.717, 1.165) is 27.8 Å². The fourth-order valence-electron chi connectivity index (χ4n) is 3.33. The third kappa shape index (κ3) is 4.97. The maximum absolute atomic E-state index is 13.6. The molecule has 0 saturated heterocycles. The average Bonchev–Trinajstić information content (AvgIpc) is 2.71. The molecule has 31 heavy (non-hydrogen) atoms. The highest BCUT2D eigenvalue weighted by Gasteiger charge is 2.28. The van der Waals surface area contributed by atoms with Crippen molar-refractivity contribution in [3.05, 3.63) is 88.5 Å². The number of rotatable bonds is 6. The van der Waals surface area contributed by atoms with Crippen molar-refractivity contribution in [1.29, 1.82) is 0 Å². The molecule has 0 aliphatic heterocycles. The van der Waals surface area contributed by atoms with Gasteiger partial charge in [-0.1, -0.05) is 42.0 Å². The molecule has 6 heteroatoms. The number of anilines is 2. The van der Waals surface area contributed by atoms with E-state index in [-0.39, 0.29) is 11.4 Å². The maximum Gasteiger partial charge on any atom is 0.264 e. The number of carbonyl (C=O) groups excluding carboxylic acids is 1. The number of sulfonamides is 1. The molecule has 3 aromatic carbocycles. The van der Waals surface area contributed by atoms with Crippen molar-refractivity contribution >= 4 is 27.3 Å². The van der Waals surface area contributed by atoms with Crippen LogP contribution in [0.3, 0.4) is 0 Å². The van der Waals surface area contributed by atoms with E-state index in [1.165, 1.54) is 4.31 Å². The second kappa shape index (κ2) is 8.94. The van der Waals surface area contributed by atoms with E-state index in [0.29, 0.717) is 11.4 Å². The zero-order chi connectivity index (χ0) is 22.8. The molecule has 5 nitrogen and oxygen atoms in total. The summed E-state index contributed by atoms with van der Waals surface area (Å²) in [6.07, 6.45) is 0. The summed E-state index contributed by atoms with van der Waals surface area (Å²) in [5, 5.41) is 2.87. The molecule has 3 rings (SSSR count). The third-order valence-corrected chi connectivity index (χ3v) is 7.18. The van der Waals surface area contributed by atoms with Crippen molar-refractivity contribution in [2.75, 3.05) is 16.2 Å².